The SMILES string of the molecule is CCCCCCCCCCCCC(=O)c1ccc[n+](CCC[n+]2cccc(C(=O)CCCCCCCCCCCC)c2)c1. The van der Waals surface area contributed by atoms with E-state index < -0.39 is 0 Å². The fraction of sp³-hybridized carbons (Fsp3) is 0.692. The Hall–Kier alpha value is -2.36. The summed E-state index contributed by atoms with van der Waals surface area (Å²) in [6.07, 6.45) is 36.1. The molecule has 0 fully saturated rings. The molecule has 0 saturated carbocycles. The molecule has 0 atom stereocenters. The van der Waals surface area contributed by atoms with Gasteiger partial charge in [-0.25, -0.2) is 9.13 Å². The van der Waals surface area contributed by atoms with Gasteiger partial charge in [0.05, 0.1) is 17.5 Å². The molecule has 0 unspecified atom stereocenters. The Morgan fingerprint density at radius 2 is 0.791 bits per heavy atom. The standard InChI is InChI=1S/C39H64N2O2/c1-3-5-7-9-11-13-15-17-19-21-28-38(42)36-26-23-30-40(34-36)32-25-33-41-31-24-27-37(35-41)39(43)29-22-20-18-16-14-12-10-8-6-4-2/h23-24,26-27,30-31,34-35H,3-22,25,28-29,32-33H2,1-2H3/q+2. The lowest BCUT2D eigenvalue weighted by Crippen LogP contribution is -2.39. The molecule has 0 N–H and O–H groups in total. The number of ketones is 2. The van der Waals surface area contributed by atoms with Crippen molar-refractivity contribution in [2.45, 2.75) is 175 Å². The van der Waals surface area contributed by atoms with E-state index >= 15 is 0 Å². The van der Waals surface area contributed by atoms with E-state index in [4.69, 9.17) is 0 Å². The van der Waals surface area contributed by atoms with Gasteiger partial charge in [0.25, 0.3) is 0 Å². The van der Waals surface area contributed by atoms with Gasteiger partial charge in [-0.05, 0) is 25.0 Å². The van der Waals surface area contributed by atoms with Gasteiger partial charge in [-0.2, -0.15) is 0 Å². The summed E-state index contributed by atoms with van der Waals surface area (Å²) in [4.78, 5) is 25.5. The van der Waals surface area contributed by atoms with Gasteiger partial charge in [-0.3, -0.25) is 9.59 Å². The fourth-order valence-corrected chi connectivity index (χ4v) is 5.92. The maximum absolute atomic E-state index is 12.8. The summed E-state index contributed by atoms with van der Waals surface area (Å²) < 4.78 is 4.26. The zero-order valence-electron chi connectivity index (χ0n) is 28.0. The average molecular weight is 593 g/mol. The minimum atomic E-state index is 0.261. The van der Waals surface area contributed by atoms with Crippen LogP contribution in [-0.4, -0.2) is 11.6 Å². The minimum absolute atomic E-state index is 0.261. The molecule has 0 amide bonds. The van der Waals surface area contributed by atoms with Crippen LogP contribution in [0.3, 0.4) is 0 Å². The van der Waals surface area contributed by atoms with Crippen LogP contribution in [0.25, 0.3) is 0 Å². The molecule has 2 heterocycles. The summed E-state index contributed by atoms with van der Waals surface area (Å²) in [5.41, 5.74) is 1.65. The van der Waals surface area contributed by atoms with Gasteiger partial charge >= 0.3 is 0 Å². The normalized spacial score (nSPS) is 11.2. The van der Waals surface area contributed by atoms with Gasteiger partial charge in [-0.15, -0.1) is 0 Å². The van der Waals surface area contributed by atoms with Crippen molar-refractivity contribution in [2.75, 3.05) is 0 Å². The van der Waals surface area contributed by atoms with E-state index in [0.29, 0.717) is 12.8 Å². The van der Waals surface area contributed by atoms with Crippen molar-refractivity contribution in [3.8, 4) is 0 Å². The first-order valence-corrected chi connectivity index (χ1v) is 18.2. The van der Waals surface area contributed by atoms with Crippen molar-refractivity contribution >= 4 is 11.6 Å². The minimum Gasteiger partial charge on any atom is -0.294 e. The summed E-state index contributed by atoms with van der Waals surface area (Å²) in [5.74, 6) is 0.522. The number of carbonyl (C=O) groups is 2. The van der Waals surface area contributed by atoms with E-state index in [-0.39, 0.29) is 11.6 Å². The zero-order chi connectivity index (χ0) is 30.8. The van der Waals surface area contributed by atoms with Crippen LogP contribution in [0, 0.1) is 0 Å². The molecule has 0 spiro atoms. The Bertz CT molecular complexity index is 923. The molecule has 0 saturated heterocycles. The van der Waals surface area contributed by atoms with Crippen LogP contribution in [0.2, 0.25) is 0 Å². The van der Waals surface area contributed by atoms with Gasteiger partial charge in [0.1, 0.15) is 0 Å². The second-order valence-electron chi connectivity index (χ2n) is 12.7. The number of hydrogen-bond donors (Lipinski definition) is 0. The molecule has 0 aliphatic carbocycles. The van der Waals surface area contributed by atoms with Gasteiger partial charge in [0.15, 0.2) is 49.4 Å². The molecular weight excluding hydrogens is 528 g/mol. The number of hydrogen-bond acceptors (Lipinski definition) is 2. The van der Waals surface area contributed by atoms with E-state index in [2.05, 4.69) is 23.0 Å². The van der Waals surface area contributed by atoms with Gasteiger partial charge in [-0.1, -0.05) is 129 Å². The first-order chi connectivity index (χ1) is 21.1. The molecule has 0 radical (unpaired) electrons. The van der Waals surface area contributed by atoms with E-state index in [9.17, 15) is 9.59 Å². The molecule has 4 heteroatoms. The molecule has 0 aliphatic heterocycles. The first-order valence-electron chi connectivity index (χ1n) is 18.2. The predicted molar refractivity (Wildman–Crippen MR) is 179 cm³/mol. The van der Waals surface area contributed by atoms with Crippen molar-refractivity contribution < 1.29 is 18.7 Å². The summed E-state index contributed by atoms with van der Waals surface area (Å²) >= 11 is 0. The summed E-state index contributed by atoms with van der Waals surface area (Å²) in [6, 6.07) is 7.89. The van der Waals surface area contributed by atoms with Gasteiger partial charge in [0, 0.05) is 25.0 Å². The van der Waals surface area contributed by atoms with Gasteiger partial charge < -0.3 is 0 Å². The maximum Gasteiger partial charge on any atom is 0.179 e. The number of pyridine rings is 2. The van der Waals surface area contributed by atoms with Crippen LogP contribution in [-0.2, 0) is 13.1 Å². The van der Waals surface area contributed by atoms with E-state index in [1.807, 2.05) is 49.1 Å². The van der Waals surface area contributed by atoms with E-state index in [1.165, 1.54) is 103 Å². The second kappa shape index (κ2) is 25.0. The smallest absolute Gasteiger partial charge is 0.179 e. The zero-order valence-corrected chi connectivity index (χ0v) is 28.0. The number of rotatable bonds is 28. The molecule has 0 aromatic carbocycles. The molecule has 0 aliphatic rings. The van der Waals surface area contributed by atoms with Crippen LogP contribution < -0.4 is 9.13 Å². The van der Waals surface area contributed by atoms with Crippen LogP contribution in [0.15, 0.2) is 49.1 Å². The van der Waals surface area contributed by atoms with Crippen molar-refractivity contribution in [2.24, 2.45) is 0 Å². The van der Waals surface area contributed by atoms with Crippen molar-refractivity contribution in [3.05, 3.63) is 60.2 Å². The highest BCUT2D eigenvalue weighted by Gasteiger charge is 2.13. The number of unbranched alkanes of at least 4 members (excludes halogenated alkanes) is 18. The van der Waals surface area contributed by atoms with Crippen LogP contribution in [0.5, 0.6) is 0 Å². The quantitative estimate of drug-likeness (QED) is 0.0560. The van der Waals surface area contributed by atoms with Gasteiger partial charge in [0.2, 0.25) is 0 Å². The third kappa shape index (κ3) is 18.1. The number of aromatic nitrogens is 2. The largest absolute Gasteiger partial charge is 0.294 e. The highest BCUT2D eigenvalue weighted by molar-refractivity contribution is 5.95. The number of aryl methyl sites for hydroxylation is 2. The lowest BCUT2D eigenvalue weighted by molar-refractivity contribution is -0.727. The summed E-state index contributed by atoms with van der Waals surface area (Å²) in [5, 5.41) is 0. The Labute approximate surface area is 264 Å². The Balaban J connectivity index is 1.60. The fourth-order valence-electron chi connectivity index (χ4n) is 5.92. The molecule has 4 nitrogen and oxygen atoms in total. The number of Topliss-reactive ketones (excluding diaryl/α,β-unsaturated/α-hetero) is 2. The van der Waals surface area contributed by atoms with Crippen molar-refractivity contribution in [3.63, 3.8) is 0 Å². The van der Waals surface area contributed by atoms with E-state index in [0.717, 1.165) is 56.3 Å². The molecule has 0 bridgehead atoms. The Morgan fingerprint density at radius 1 is 0.465 bits per heavy atom. The summed E-state index contributed by atoms with van der Waals surface area (Å²) in [7, 11) is 0. The molecule has 2 rings (SSSR count). The Morgan fingerprint density at radius 3 is 1.14 bits per heavy atom. The number of carbonyl (C=O) groups excluding carboxylic acids is 2. The van der Waals surface area contributed by atoms with Crippen LogP contribution in [0.1, 0.15) is 182 Å². The molecule has 2 aromatic rings. The molecule has 43 heavy (non-hydrogen) atoms. The predicted octanol–water partition coefficient (Wildman–Crippen LogP) is 10.3. The third-order valence-electron chi connectivity index (χ3n) is 8.71. The topological polar surface area (TPSA) is 41.9 Å². The lowest BCUT2D eigenvalue weighted by Gasteiger charge is -2.04. The van der Waals surface area contributed by atoms with Crippen LogP contribution in [0.4, 0.5) is 0 Å². The van der Waals surface area contributed by atoms with Crippen LogP contribution >= 0.6 is 0 Å². The molecule has 2 aromatic heterocycles. The van der Waals surface area contributed by atoms with Crippen molar-refractivity contribution in [1.82, 2.24) is 0 Å². The maximum atomic E-state index is 12.8. The first kappa shape index (κ1) is 36.8. The van der Waals surface area contributed by atoms with Crippen molar-refractivity contribution in [1.29, 1.82) is 0 Å². The molecule has 240 valence electrons. The Kier molecular flexibility index (Phi) is 21.4. The highest BCUT2D eigenvalue weighted by Crippen LogP contribution is 2.14. The third-order valence-corrected chi connectivity index (χ3v) is 8.71. The summed E-state index contributed by atoms with van der Waals surface area (Å²) in [6.45, 7) is 6.23. The number of nitrogens with zero attached hydrogens (tertiary/aromatic N) is 2. The lowest BCUT2D eigenvalue weighted by atomic mass is 10.0. The van der Waals surface area contributed by atoms with E-state index in [1.54, 1.807) is 0 Å². The monoisotopic (exact) mass is 592 g/mol. The average Bonchev–Trinajstić information content (AvgIpc) is 3.03. The molecular formula is C39H64N2O2+2. The highest BCUT2D eigenvalue weighted by atomic mass is 16.1. The second-order valence-corrected chi connectivity index (χ2v) is 12.7.